The number of benzene rings is 1. The van der Waals surface area contributed by atoms with Crippen LogP contribution < -0.4 is 11.1 Å². The Hall–Kier alpha value is -1.20. The molecule has 1 atom stereocenters. The highest BCUT2D eigenvalue weighted by Gasteiger charge is 2.38. The number of nitrogens with one attached hydrogen (secondary N) is 1. The minimum absolute atomic E-state index is 0. The molecule has 3 N–H and O–H groups in total. The summed E-state index contributed by atoms with van der Waals surface area (Å²) in [5.41, 5.74) is 5.53. The van der Waals surface area contributed by atoms with Gasteiger partial charge in [-0.1, -0.05) is 25.8 Å². The quantitative estimate of drug-likeness (QED) is 0.895. The van der Waals surface area contributed by atoms with Gasteiger partial charge in [-0.25, -0.2) is 8.78 Å². The third kappa shape index (κ3) is 3.92. The Labute approximate surface area is 129 Å². The molecule has 6 heteroatoms. The minimum Gasteiger partial charge on any atom is -0.348 e. The number of hydrogen-bond acceptors (Lipinski definition) is 2. The van der Waals surface area contributed by atoms with E-state index in [0.29, 0.717) is 24.8 Å². The number of carbonyl (C=O) groups is 1. The summed E-state index contributed by atoms with van der Waals surface area (Å²) in [5.74, 6) is -1.52. The zero-order valence-electron chi connectivity index (χ0n) is 12.0. The first-order chi connectivity index (χ1) is 9.46. The highest BCUT2D eigenvalue weighted by atomic mass is 35.5. The summed E-state index contributed by atoms with van der Waals surface area (Å²) in [6.45, 7) is 1.84. The maximum atomic E-state index is 13.8. The van der Waals surface area contributed by atoms with Crippen LogP contribution in [0.15, 0.2) is 18.2 Å². The van der Waals surface area contributed by atoms with Gasteiger partial charge in [0, 0.05) is 11.6 Å². The molecule has 0 saturated heterocycles. The van der Waals surface area contributed by atoms with Gasteiger partial charge < -0.3 is 11.1 Å². The largest absolute Gasteiger partial charge is 0.348 e. The second-order valence-corrected chi connectivity index (χ2v) is 5.46. The molecule has 1 aromatic rings. The summed E-state index contributed by atoms with van der Waals surface area (Å²) in [6, 6.07) is 2.92. The molecular formula is C15H21ClF2N2O. The molecule has 2 rings (SSSR count). The Kier molecular flexibility index (Phi) is 6.10. The van der Waals surface area contributed by atoms with Gasteiger partial charge in [0.1, 0.15) is 11.6 Å². The Bertz CT molecular complexity index is 504. The van der Waals surface area contributed by atoms with Crippen LogP contribution in [-0.4, -0.2) is 11.4 Å². The lowest BCUT2D eigenvalue weighted by Gasteiger charge is -2.26. The smallest absolute Gasteiger partial charge is 0.240 e. The third-order valence-electron chi connectivity index (χ3n) is 4.00. The lowest BCUT2D eigenvalue weighted by atomic mass is 9.96. The molecule has 0 bridgehead atoms. The van der Waals surface area contributed by atoms with Crippen molar-refractivity contribution in [3.05, 3.63) is 35.4 Å². The fourth-order valence-electron chi connectivity index (χ4n) is 2.72. The van der Waals surface area contributed by atoms with Crippen molar-refractivity contribution in [2.45, 2.75) is 50.6 Å². The van der Waals surface area contributed by atoms with E-state index >= 15 is 0 Å². The van der Waals surface area contributed by atoms with Crippen molar-refractivity contribution in [2.75, 3.05) is 0 Å². The van der Waals surface area contributed by atoms with Crippen LogP contribution >= 0.6 is 12.4 Å². The highest BCUT2D eigenvalue weighted by Crippen LogP contribution is 2.29. The Morgan fingerprint density at radius 2 is 2.00 bits per heavy atom. The Morgan fingerprint density at radius 3 is 2.52 bits per heavy atom. The van der Waals surface area contributed by atoms with E-state index in [1.165, 1.54) is 12.1 Å². The van der Waals surface area contributed by atoms with Crippen LogP contribution in [0.2, 0.25) is 0 Å². The standard InChI is InChI=1S/C15H20F2N2O.ClH/c1-2-13(11-6-5-10(16)9-12(11)17)19-14(20)15(18)7-3-4-8-15;/h5-6,9,13H,2-4,7-8,18H2,1H3,(H,19,20);1H. The fraction of sp³-hybridized carbons (Fsp3) is 0.533. The molecule has 1 unspecified atom stereocenters. The highest BCUT2D eigenvalue weighted by molar-refractivity contribution is 5.86. The first kappa shape index (κ1) is 17.9. The minimum atomic E-state index is -0.843. The van der Waals surface area contributed by atoms with E-state index in [9.17, 15) is 13.6 Å². The summed E-state index contributed by atoms with van der Waals surface area (Å²) < 4.78 is 26.7. The SMILES string of the molecule is CCC(NC(=O)C1(N)CCCC1)c1ccc(F)cc1F.Cl. The Morgan fingerprint density at radius 1 is 1.38 bits per heavy atom. The number of halogens is 3. The molecule has 1 fully saturated rings. The number of carbonyl (C=O) groups excluding carboxylic acids is 1. The van der Waals surface area contributed by atoms with Gasteiger partial charge in [0.2, 0.25) is 5.91 Å². The molecule has 1 aliphatic rings. The predicted molar refractivity (Wildman–Crippen MR) is 80.2 cm³/mol. The average Bonchev–Trinajstić information content (AvgIpc) is 2.85. The number of nitrogens with two attached hydrogens (primary N) is 1. The summed E-state index contributed by atoms with van der Waals surface area (Å²) in [4.78, 5) is 12.3. The van der Waals surface area contributed by atoms with Gasteiger partial charge in [-0.05, 0) is 25.3 Å². The molecule has 0 heterocycles. The van der Waals surface area contributed by atoms with Crippen LogP contribution in [-0.2, 0) is 4.79 Å². The van der Waals surface area contributed by atoms with E-state index in [4.69, 9.17) is 5.73 Å². The second-order valence-electron chi connectivity index (χ2n) is 5.46. The normalized spacial score (nSPS) is 17.9. The molecular weight excluding hydrogens is 298 g/mol. The molecule has 21 heavy (non-hydrogen) atoms. The lowest BCUT2D eigenvalue weighted by Crippen LogP contribution is -2.52. The second kappa shape index (κ2) is 7.18. The van der Waals surface area contributed by atoms with Crippen LogP contribution in [0.3, 0.4) is 0 Å². The molecule has 118 valence electrons. The van der Waals surface area contributed by atoms with Gasteiger partial charge in [0.25, 0.3) is 0 Å². The molecule has 0 aliphatic heterocycles. The first-order valence-corrected chi connectivity index (χ1v) is 7.01. The first-order valence-electron chi connectivity index (χ1n) is 7.01. The zero-order chi connectivity index (χ0) is 14.8. The summed E-state index contributed by atoms with van der Waals surface area (Å²) in [6.07, 6.45) is 3.70. The monoisotopic (exact) mass is 318 g/mol. The van der Waals surface area contributed by atoms with Crippen molar-refractivity contribution in [3.63, 3.8) is 0 Å². The molecule has 1 saturated carbocycles. The molecule has 1 aromatic carbocycles. The van der Waals surface area contributed by atoms with E-state index < -0.39 is 23.2 Å². The van der Waals surface area contributed by atoms with Gasteiger partial charge in [0.15, 0.2) is 0 Å². The van der Waals surface area contributed by atoms with Crippen molar-refractivity contribution < 1.29 is 13.6 Å². The maximum absolute atomic E-state index is 13.8. The van der Waals surface area contributed by atoms with Crippen LogP contribution in [0, 0.1) is 11.6 Å². The van der Waals surface area contributed by atoms with Crippen LogP contribution in [0.5, 0.6) is 0 Å². The van der Waals surface area contributed by atoms with E-state index in [0.717, 1.165) is 18.9 Å². The Balaban J connectivity index is 0.00000220. The fourth-order valence-corrected chi connectivity index (χ4v) is 2.72. The van der Waals surface area contributed by atoms with Crippen LogP contribution in [0.4, 0.5) is 8.78 Å². The van der Waals surface area contributed by atoms with Crippen molar-refractivity contribution in [1.82, 2.24) is 5.32 Å². The van der Waals surface area contributed by atoms with Gasteiger partial charge >= 0.3 is 0 Å². The molecule has 1 amide bonds. The van der Waals surface area contributed by atoms with E-state index in [-0.39, 0.29) is 18.3 Å². The van der Waals surface area contributed by atoms with Crippen LogP contribution in [0.25, 0.3) is 0 Å². The van der Waals surface area contributed by atoms with Gasteiger partial charge in [0.05, 0.1) is 11.6 Å². The average molecular weight is 319 g/mol. The molecule has 0 aromatic heterocycles. The van der Waals surface area contributed by atoms with Crippen molar-refractivity contribution in [3.8, 4) is 0 Å². The topological polar surface area (TPSA) is 55.1 Å². The maximum Gasteiger partial charge on any atom is 0.240 e. The van der Waals surface area contributed by atoms with Crippen molar-refractivity contribution >= 4 is 18.3 Å². The van der Waals surface area contributed by atoms with E-state index in [1.807, 2.05) is 6.92 Å². The van der Waals surface area contributed by atoms with Crippen molar-refractivity contribution in [2.24, 2.45) is 5.73 Å². The van der Waals surface area contributed by atoms with Gasteiger partial charge in [-0.15, -0.1) is 12.4 Å². The lowest BCUT2D eigenvalue weighted by molar-refractivity contribution is -0.127. The number of amides is 1. The van der Waals surface area contributed by atoms with Gasteiger partial charge in [-0.2, -0.15) is 0 Å². The summed E-state index contributed by atoms with van der Waals surface area (Å²) >= 11 is 0. The summed E-state index contributed by atoms with van der Waals surface area (Å²) in [5, 5.41) is 2.80. The molecule has 0 radical (unpaired) electrons. The molecule has 1 aliphatic carbocycles. The van der Waals surface area contributed by atoms with Gasteiger partial charge in [-0.3, -0.25) is 4.79 Å². The van der Waals surface area contributed by atoms with E-state index in [1.54, 1.807) is 0 Å². The molecule has 3 nitrogen and oxygen atoms in total. The zero-order valence-corrected chi connectivity index (χ0v) is 12.8. The van der Waals surface area contributed by atoms with E-state index in [2.05, 4.69) is 5.32 Å². The number of rotatable bonds is 4. The van der Waals surface area contributed by atoms with Crippen LogP contribution in [0.1, 0.15) is 50.6 Å². The third-order valence-corrected chi connectivity index (χ3v) is 4.00. The predicted octanol–water partition coefficient (Wildman–Crippen LogP) is 3.23. The summed E-state index contributed by atoms with van der Waals surface area (Å²) in [7, 11) is 0. The van der Waals surface area contributed by atoms with Crippen molar-refractivity contribution in [1.29, 1.82) is 0 Å². The number of hydrogen-bond donors (Lipinski definition) is 2. The molecule has 0 spiro atoms.